The first-order valence-corrected chi connectivity index (χ1v) is 6.64. The van der Waals surface area contributed by atoms with Gasteiger partial charge in [0.1, 0.15) is 0 Å². The predicted molar refractivity (Wildman–Crippen MR) is 74.6 cm³/mol. The highest BCUT2D eigenvalue weighted by atomic mass is 16.5. The van der Waals surface area contributed by atoms with Crippen molar-refractivity contribution in [2.75, 3.05) is 30.8 Å². The molecular weight excluding hydrogens is 246 g/mol. The molecule has 3 N–H and O–H groups in total. The lowest BCUT2D eigenvalue weighted by atomic mass is 10.2. The summed E-state index contributed by atoms with van der Waals surface area (Å²) >= 11 is 0. The Morgan fingerprint density at radius 2 is 2.00 bits per heavy atom. The van der Waals surface area contributed by atoms with Gasteiger partial charge in [0.25, 0.3) is 0 Å². The Bertz CT molecular complexity index is 373. The second-order valence-corrected chi connectivity index (χ2v) is 4.28. The molecule has 0 bridgehead atoms. The molecule has 0 amide bonds. The average molecular weight is 269 g/mol. The number of aliphatic hydroxyl groups excluding tert-OH is 1. The van der Waals surface area contributed by atoms with Gasteiger partial charge in [0.15, 0.2) is 0 Å². The highest BCUT2D eigenvalue weighted by Crippen LogP contribution is 2.11. The van der Waals surface area contributed by atoms with Crippen molar-refractivity contribution < 1.29 is 9.84 Å². The van der Waals surface area contributed by atoms with E-state index in [1.165, 1.54) is 0 Å². The molecule has 108 valence electrons. The van der Waals surface area contributed by atoms with Crippen molar-refractivity contribution in [3.8, 4) is 6.01 Å². The van der Waals surface area contributed by atoms with Gasteiger partial charge in [-0.05, 0) is 26.2 Å². The van der Waals surface area contributed by atoms with Crippen LogP contribution in [0.3, 0.4) is 0 Å². The molecule has 0 fully saturated rings. The molecule has 0 saturated carbocycles. The van der Waals surface area contributed by atoms with Gasteiger partial charge < -0.3 is 20.5 Å². The van der Waals surface area contributed by atoms with Gasteiger partial charge in [-0.25, -0.2) is 0 Å². The number of nitrogens with zero attached hydrogens (tertiary/aromatic N) is 3. The molecule has 0 aromatic carbocycles. The van der Waals surface area contributed by atoms with E-state index >= 15 is 0 Å². The maximum Gasteiger partial charge on any atom is 0.323 e. The predicted octanol–water partition coefficient (Wildman–Crippen LogP) is 1.27. The Morgan fingerprint density at radius 1 is 1.26 bits per heavy atom. The zero-order valence-electron chi connectivity index (χ0n) is 11.8. The summed E-state index contributed by atoms with van der Waals surface area (Å²) in [6.07, 6.45) is 2.22. The number of anilines is 2. The monoisotopic (exact) mass is 269 g/mol. The summed E-state index contributed by atoms with van der Waals surface area (Å²) in [7, 11) is 1.75. The minimum absolute atomic E-state index is 0.281. The summed E-state index contributed by atoms with van der Waals surface area (Å²) in [5.41, 5.74) is 0. The van der Waals surface area contributed by atoms with Crippen LogP contribution < -0.4 is 15.4 Å². The minimum atomic E-state index is -0.281. The van der Waals surface area contributed by atoms with Crippen LogP contribution in [-0.2, 0) is 0 Å². The van der Waals surface area contributed by atoms with E-state index in [-0.39, 0.29) is 6.10 Å². The Labute approximate surface area is 113 Å². The van der Waals surface area contributed by atoms with E-state index in [2.05, 4.69) is 25.6 Å². The van der Waals surface area contributed by atoms with Crippen molar-refractivity contribution in [1.82, 2.24) is 15.0 Å². The SMILES string of the molecule is CCCOc1nc(NC)nc(NCCCC(C)O)n1. The Balaban J connectivity index is 2.55. The van der Waals surface area contributed by atoms with Gasteiger partial charge in [-0.3, -0.25) is 0 Å². The van der Waals surface area contributed by atoms with Crippen molar-refractivity contribution in [2.45, 2.75) is 39.2 Å². The summed E-state index contributed by atoms with van der Waals surface area (Å²) in [6, 6.07) is 0.319. The molecule has 7 nitrogen and oxygen atoms in total. The number of aliphatic hydroxyl groups is 1. The molecule has 1 aromatic heterocycles. The molecule has 7 heteroatoms. The van der Waals surface area contributed by atoms with Gasteiger partial charge in [0, 0.05) is 13.6 Å². The van der Waals surface area contributed by atoms with E-state index in [9.17, 15) is 5.11 Å². The van der Waals surface area contributed by atoms with E-state index in [1.807, 2.05) is 6.92 Å². The average Bonchev–Trinajstić information content (AvgIpc) is 2.41. The van der Waals surface area contributed by atoms with Crippen LogP contribution in [0.4, 0.5) is 11.9 Å². The molecule has 1 aromatic rings. The zero-order chi connectivity index (χ0) is 14.1. The highest BCUT2D eigenvalue weighted by Gasteiger charge is 2.06. The Kier molecular flexibility index (Phi) is 6.88. The van der Waals surface area contributed by atoms with Gasteiger partial charge in [-0.2, -0.15) is 15.0 Å². The maximum atomic E-state index is 9.17. The maximum absolute atomic E-state index is 9.17. The van der Waals surface area contributed by atoms with Crippen LogP contribution in [0.2, 0.25) is 0 Å². The first kappa shape index (κ1) is 15.4. The number of ether oxygens (including phenoxy) is 1. The molecule has 1 heterocycles. The van der Waals surface area contributed by atoms with Crippen LogP contribution in [0.1, 0.15) is 33.1 Å². The number of hydrogen-bond acceptors (Lipinski definition) is 7. The third-order valence-electron chi connectivity index (χ3n) is 2.36. The van der Waals surface area contributed by atoms with Crippen LogP contribution in [0, 0.1) is 0 Å². The summed E-state index contributed by atoms with van der Waals surface area (Å²) in [6.45, 7) is 5.08. The van der Waals surface area contributed by atoms with Gasteiger partial charge >= 0.3 is 6.01 Å². The molecule has 0 aliphatic carbocycles. The van der Waals surface area contributed by atoms with Crippen LogP contribution in [0.5, 0.6) is 6.01 Å². The molecule has 0 saturated heterocycles. The summed E-state index contributed by atoms with van der Waals surface area (Å²) in [5, 5.41) is 15.1. The second-order valence-electron chi connectivity index (χ2n) is 4.28. The third-order valence-corrected chi connectivity index (χ3v) is 2.36. The fraction of sp³-hybridized carbons (Fsp3) is 0.750. The Hall–Kier alpha value is -1.63. The van der Waals surface area contributed by atoms with Crippen molar-refractivity contribution in [3.63, 3.8) is 0 Å². The summed E-state index contributed by atoms with van der Waals surface area (Å²) in [5.74, 6) is 0.954. The first-order valence-electron chi connectivity index (χ1n) is 6.64. The third kappa shape index (κ3) is 6.19. The topological polar surface area (TPSA) is 92.2 Å². The van der Waals surface area contributed by atoms with Crippen molar-refractivity contribution in [1.29, 1.82) is 0 Å². The smallest absolute Gasteiger partial charge is 0.323 e. The molecule has 1 rings (SSSR count). The van der Waals surface area contributed by atoms with Crippen molar-refractivity contribution in [3.05, 3.63) is 0 Å². The van der Waals surface area contributed by atoms with E-state index in [0.29, 0.717) is 31.1 Å². The molecule has 0 spiro atoms. The normalized spacial score (nSPS) is 12.0. The van der Waals surface area contributed by atoms with Gasteiger partial charge in [-0.1, -0.05) is 6.92 Å². The molecule has 0 aliphatic heterocycles. The van der Waals surface area contributed by atoms with Gasteiger partial charge in [-0.15, -0.1) is 0 Å². The largest absolute Gasteiger partial charge is 0.463 e. The quantitative estimate of drug-likeness (QED) is 0.581. The van der Waals surface area contributed by atoms with E-state index in [4.69, 9.17) is 4.74 Å². The lowest BCUT2D eigenvalue weighted by molar-refractivity contribution is 0.183. The van der Waals surface area contributed by atoms with Gasteiger partial charge in [0.2, 0.25) is 11.9 Å². The Morgan fingerprint density at radius 3 is 2.63 bits per heavy atom. The first-order chi connectivity index (χ1) is 9.15. The lowest BCUT2D eigenvalue weighted by Crippen LogP contribution is -2.12. The lowest BCUT2D eigenvalue weighted by Gasteiger charge is -2.09. The fourth-order valence-electron chi connectivity index (χ4n) is 1.40. The number of hydrogen-bond donors (Lipinski definition) is 3. The second kappa shape index (κ2) is 8.47. The van der Waals surface area contributed by atoms with Crippen molar-refractivity contribution in [2.24, 2.45) is 0 Å². The highest BCUT2D eigenvalue weighted by molar-refractivity contribution is 5.35. The standard InChI is InChI=1S/C12H23N5O2/c1-4-8-19-12-16-10(13-3)15-11(17-12)14-7-5-6-9(2)18/h9,18H,4-8H2,1-3H3,(H2,13,14,15,16,17). The molecule has 1 atom stereocenters. The van der Waals surface area contributed by atoms with Crippen LogP contribution in [0.25, 0.3) is 0 Å². The number of nitrogens with one attached hydrogen (secondary N) is 2. The van der Waals surface area contributed by atoms with E-state index in [0.717, 1.165) is 19.3 Å². The molecule has 1 unspecified atom stereocenters. The molecular formula is C12H23N5O2. The molecule has 0 radical (unpaired) electrons. The van der Waals surface area contributed by atoms with Crippen LogP contribution in [-0.4, -0.2) is 46.4 Å². The summed E-state index contributed by atoms with van der Waals surface area (Å²) in [4.78, 5) is 12.5. The van der Waals surface area contributed by atoms with E-state index in [1.54, 1.807) is 14.0 Å². The summed E-state index contributed by atoms with van der Waals surface area (Å²) < 4.78 is 5.40. The minimum Gasteiger partial charge on any atom is -0.463 e. The van der Waals surface area contributed by atoms with Crippen LogP contribution in [0.15, 0.2) is 0 Å². The number of aromatic nitrogens is 3. The molecule has 19 heavy (non-hydrogen) atoms. The fourth-order valence-corrected chi connectivity index (χ4v) is 1.40. The van der Waals surface area contributed by atoms with Crippen LogP contribution >= 0.6 is 0 Å². The van der Waals surface area contributed by atoms with E-state index < -0.39 is 0 Å². The zero-order valence-corrected chi connectivity index (χ0v) is 11.8. The number of rotatable bonds is 9. The molecule has 0 aliphatic rings. The van der Waals surface area contributed by atoms with Crippen molar-refractivity contribution >= 4 is 11.9 Å². The van der Waals surface area contributed by atoms with Gasteiger partial charge in [0.05, 0.1) is 12.7 Å².